The summed E-state index contributed by atoms with van der Waals surface area (Å²) >= 11 is 0. The Bertz CT molecular complexity index is 205. The molecule has 1 aliphatic heterocycles. The van der Waals surface area contributed by atoms with Gasteiger partial charge < -0.3 is 19.7 Å². The molecular weight excluding hydrogens is 176 g/mol. The molecule has 0 aromatic heterocycles. The Labute approximate surface area is 76.3 Å². The van der Waals surface area contributed by atoms with Crippen molar-refractivity contribution < 1.29 is 24.5 Å². The molecule has 5 nitrogen and oxygen atoms in total. The van der Waals surface area contributed by atoms with Crippen LogP contribution in [-0.4, -0.2) is 41.8 Å². The molecule has 0 amide bonds. The van der Waals surface area contributed by atoms with Crippen LogP contribution in [0.25, 0.3) is 0 Å². The lowest BCUT2D eigenvalue weighted by Gasteiger charge is -2.23. The van der Waals surface area contributed by atoms with Crippen LogP contribution in [0.5, 0.6) is 0 Å². The maximum absolute atomic E-state index is 11.3. The van der Waals surface area contributed by atoms with Gasteiger partial charge in [-0.25, -0.2) is 0 Å². The molecule has 0 aliphatic carbocycles. The number of esters is 1. The normalized spacial score (nSPS) is 39.1. The van der Waals surface area contributed by atoms with Crippen LogP contribution in [-0.2, 0) is 14.3 Å². The van der Waals surface area contributed by atoms with Crippen molar-refractivity contribution in [2.45, 2.75) is 26.2 Å². The molecule has 76 valence electrons. The molecule has 1 saturated heterocycles. The number of carbonyl (C=O) groups excluding carboxylic acids is 1. The Morgan fingerprint density at radius 2 is 2.31 bits per heavy atom. The van der Waals surface area contributed by atoms with Crippen LogP contribution in [0.1, 0.15) is 13.8 Å². The molecule has 3 atom stereocenters. The summed E-state index contributed by atoms with van der Waals surface area (Å²) in [7, 11) is 0. The van der Waals surface area contributed by atoms with Gasteiger partial charge in [0.2, 0.25) is 0 Å². The maximum atomic E-state index is 11.3. The Kier molecular flexibility index (Phi) is 2.90. The minimum Gasteiger partial charge on any atom is -0.465 e. The second kappa shape index (κ2) is 3.61. The summed E-state index contributed by atoms with van der Waals surface area (Å²) in [6.45, 7) is 3.41. The van der Waals surface area contributed by atoms with Crippen molar-refractivity contribution in [3.05, 3.63) is 0 Å². The van der Waals surface area contributed by atoms with Crippen LogP contribution < -0.4 is 0 Å². The van der Waals surface area contributed by atoms with Gasteiger partial charge >= 0.3 is 5.97 Å². The van der Waals surface area contributed by atoms with Crippen molar-refractivity contribution in [3.8, 4) is 0 Å². The molecule has 5 heteroatoms. The minimum atomic E-state index is -1.30. The molecule has 1 unspecified atom stereocenters. The standard InChI is InChI=1S/C8H14O5/c1-3-12-7(11)8(2)4-13-6(10)5(8)9/h5-6,9-10H,3-4H2,1-2H3/t5-,6?,8-/m0/s1. The summed E-state index contributed by atoms with van der Waals surface area (Å²) in [5, 5.41) is 18.5. The first-order valence-corrected chi connectivity index (χ1v) is 4.17. The van der Waals surface area contributed by atoms with E-state index in [0.717, 1.165) is 0 Å². The third kappa shape index (κ3) is 1.67. The van der Waals surface area contributed by atoms with Gasteiger partial charge in [0.15, 0.2) is 6.29 Å². The lowest BCUT2D eigenvalue weighted by atomic mass is 9.87. The van der Waals surface area contributed by atoms with Crippen LogP contribution in [0, 0.1) is 5.41 Å². The number of hydrogen-bond donors (Lipinski definition) is 2. The average Bonchev–Trinajstić information content (AvgIpc) is 2.35. The summed E-state index contributed by atoms with van der Waals surface area (Å²) in [4.78, 5) is 11.3. The topological polar surface area (TPSA) is 76.0 Å². The molecule has 13 heavy (non-hydrogen) atoms. The van der Waals surface area contributed by atoms with Crippen LogP contribution in [0.2, 0.25) is 0 Å². The van der Waals surface area contributed by atoms with Crippen LogP contribution in [0.3, 0.4) is 0 Å². The fraction of sp³-hybridized carbons (Fsp3) is 0.875. The Morgan fingerprint density at radius 1 is 1.69 bits per heavy atom. The molecule has 0 radical (unpaired) electrons. The summed E-state index contributed by atoms with van der Waals surface area (Å²) in [6.07, 6.45) is -2.51. The highest BCUT2D eigenvalue weighted by atomic mass is 16.6. The Morgan fingerprint density at radius 3 is 2.69 bits per heavy atom. The second-order valence-electron chi connectivity index (χ2n) is 3.28. The first-order chi connectivity index (χ1) is 6.02. The predicted octanol–water partition coefficient (Wildman–Crippen LogP) is -0.735. The second-order valence-corrected chi connectivity index (χ2v) is 3.28. The zero-order valence-electron chi connectivity index (χ0n) is 7.69. The molecule has 0 aromatic rings. The lowest BCUT2D eigenvalue weighted by Crippen LogP contribution is -2.42. The number of ether oxygens (including phenoxy) is 2. The van der Waals surface area contributed by atoms with E-state index in [9.17, 15) is 9.90 Å². The molecule has 0 spiro atoms. The zero-order chi connectivity index (χ0) is 10.1. The third-order valence-electron chi connectivity index (χ3n) is 2.22. The van der Waals surface area contributed by atoms with Gasteiger partial charge in [0.25, 0.3) is 0 Å². The fourth-order valence-electron chi connectivity index (χ4n) is 1.23. The van der Waals surface area contributed by atoms with Gasteiger partial charge in [0.1, 0.15) is 11.5 Å². The van der Waals surface area contributed by atoms with Crippen molar-refractivity contribution in [1.29, 1.82) is 0 Å². The zero-order valence-corrected chi connectivity index (χ0v) is 7.69. The van der Waals surface area contributed by atoms with Crippen molar-refractivity contribution >= 4 is 5.97 Å². The molecule has 1 rings (SSSR count). The molecular formula is C8H14O5. The molecule has 0 saturated carbocycles. The smallest absolute Gasteiger partial charge is 0.317 e. The van der Waals surface area contributed by atoms with E-state index in [-0.39, 0.29) is 13.2 Å². The highest BCUT2D eigenvalue weighted by molar-refractivity contribution is 5.77. The number of aliphatic hydroxyl groups excluding tert-OH is 2. The third-order valence-corrected chi connectivity index (χ3v) is 2.22. The SMILES string of the molecule is CCOC(=O)[C@@]1(C)COC(O)[C@@H]1O. The van der Waals surface area contributed by atoms with E-state index in [0.29, 0.717) is 0 Å². The van der Waals surface area contributed by atoms with E-state index in [1.54, 1.807) is 6.92 Å². The van der Waals surface area contributed by atoms with Gasteiger partial charge in [-0.3, -0.25) is 4.79 Å². The van der Waals surface area contributed by atoms with Gasteiger partial charge in [-0.2, -0.15) is 0 Å². The highest BCUT2D eigenvalue weighted by Crippen LogP contribution is 2.32. The Hall–Kier alpha value is -0.650. The quantitative estimate of drug-likeness (QED) is 0.561. The van der Waals surface area contributed by atoms with Crippen LogP contribution in [0.15, 0.2) is 0 Å². The molecule has 0 bridgehead atoms. The molecule has 1 fully saturated rings. The van der Waals surface area contributed by atoms with Gasteiger partial charge in [-0.15, -0.1) is 0 Å². The summed E-state index contributed by atoms with van der Waals surface area (Å²) in [6, 6.07) is 0. The van der Waals surface area contributed by atoms with E-state index in [1.807, 2.05) is 0 Å². The highest BCUT2D eigenvalue weighted by Gasteiger charge is 2.51. The van der Waals surface area contributed by atoms with E-state index in [1.165, 1.54) is 6.92 Å². The van der Waals surface area contributed by atoms with E-state index < -0.39 is 23.8 Å². The number of hydrogen-bond acceptors (Lipinski definition) is 5. The summed E-state index contributed by atoms with van der Waals surface area (Å²) in [5.41, 5.74) is -1.14. The first kappa shape index (κ1) is 10.4. The number of carbonyl (C=O) groups is 1. The van der Waals surface area contributed by atoms with Crippen molar-refractivity contribution in [3.63, 3.8) is 0 Å². The predicted molar refractivity (Wildman–Crippen MR) is 42.7 cm³/mol. The van der Waals surface area contributed by atoms with E-state index in [2.05, 4.69) is 0 Å². The lowest BCUT2D eigenvalue weighted by molar-refractivity contribution is -0.161. The van der Waals surface area contributed by atoms with Gasteiger partial charge in [0.05, 0.1) is 13.2 Å². The largest absolute Gasteiger partial charge is 0.465 e. The summed E-state index contributed by atoms with van der Waals surface area (Å²) < 4.78 is 9.51. The van der Waals surface area contributed by atoms with Gasteiger partial charge in [-0.05, 0) is 13.8 Å². The fourth-order valence-corrected chi connectivity index (χ4v) is 1.23. The number of rotatable bonds is 2. The van der Waals surface area contributed by atoms with Crippen molar-refractivity contribution in [2.75, 3.05) is 13.2 Å². The molecule has 1 aliphatic rings. The maximum Gasteiger partial charge on any atom is 0.317 e. The first-order valence-electron chi connectivity index (χ1n) is 4.17. The van der Waals surface area contributed by atoms with E-state index >= 15 is 0 Å². The monoisotopic (exact) mass is 190 g/mol. The summed E-state index contributed by atoms with van der Waals surface area (Å²) in [5.74, 6) is -0.543. The van der Waals surface area contributed by atoms with Crippen molar-refractivity contribution in [1.82, 2.24) is 0 Å². The van der Waals surface area contributed by atoms with Crippen molar-refractivity contribution in [2.24, 2.45) is 5.41 Å². The number of aliphatic hydroxyl groups is 2. The Balaban J connectivity index is 2.71. The minimum absolute atomic E-state index is 0.0197. The molecule has 1 heterocycles. The molecule has 0 aromatic carbocycles. The van der Waals surface area contributed by atoms with Crippen LogP contribution in [0.4, 0.5) is 0 Å². The van der Waals surface area contributed by atoms with Gasteiger partial charge in [-0.1, -0.05) is 0 Å². The molecule has 2 N–H and O–H groups in total. The van der Waals surface area contributed by atoms with Crippen LogP contribution >= 0.6 is 0 Å². The van der Waals surface area contributed by atoms with Gasteiger partial charge in [0, 0.05) is 0 Å². The average molecular weight is 190 g/mol. The van der Waals surface area contributed by atoms with E-state index in [4.69, 9.17) is 14.6 Å².